The first-order valence-corrected chi connectivity index (χ1v) is 8.29. The molecule has 0 heterocycles. The Labute approximate surface area is 127 Å². The maximum Gasteiger partial charge on any atom is -0.0146 e. The number of allylic oxidation sites excluding steroid dienone is 4. The Kier molecular flexibility index (Phi) is 3.18. The van der Waals surface area contributed by atoms with Crippen LogP contribution in [0.15, 0.2) is 54.1 Å². The first-order chi connectivity index (χ1) is 10.4. The Hall–Kier alpha value is -1.82. The van der Waals surface area contributed by atoms with Gasteiger partial charge in [-0.05, 0) is 59.1 Å². The minimum atomic E-state index is 0.758. The molecule has 1 atom stereocenters. The highest BCUT2D eigenvalue weighted by Gasteiger charge is 2.27. The molecular weight excluding hydrogens is 252 g/mol. The lowest BCUT2D eigenvalue weighted by molar-refractivity contribution is 0.525. The molecule has 2 aromatic rings. The van der Waals surface area contributed by atoms with E-state index < -0.39 is 0 Å². The van der Waals surface area contributed by atoms with E-state index in [9.17, 15) is 0 Å². The predicted octanol–water partition coefficient (Wildman–Crippen LogP) is 5.92. The Morgan fingerprint density at radius 1 is 1.10 bits per heavy atom. The van der Waals surface area contributed by atoms with Crippen molar-refractivity contribution in [1.29, 1.82) is 0 Å². The van der Waals surface area contributed by atoms with Crippen LogP contribution < -0.4 is 0 Å². The number of hydrogen-bond acceptors (Lipinski definition) is 0. The Balaban J connectivity index is 1.96. The summed E-state index contributed by atoms with van der Waals surface area (Å²) in [5.41, 5.74) is 6.33. The average molecular weight is 274 g/mol. The second-order valence-corrected chi connectivity index (χ2v) is 6.38. The van der Waals surface area contributed by atoms with E-state index in [1.54, 1.807) is 11.1 Å². The largest absolute Gasteiger partial charge is 0.0836 e. The average Bonchev–Trinajstić information content (AvgIpc) is 2.55. The fourth-order valence-corrected chi connectivity index (χ4v) is 4.17. The van der Waals surface area contributed by atoms with Crippen LogP contribution in [0.4, 0.5) is 0 Å². The van der Waals surface area contributed by atoms with E-state index in [4.69, 9.17) is 0 Å². The van der Waals surface area contributed by atoms with Crippen LogP contribution in [-0.2, 0) is 6.42 Å². The van der Waals surface area contributed by atoms with Gasteiger partial charge in [0.2, 0.25) is 0 Å². The molecule has 0 bridgehead atoms. The quantitative estimate of drug-likeness (QED) is 0.638. The van der Waals surface area contributed by atoms with Crippen LogP contribution >= 0.6 is 0 Å². The highest BCUT2D eigenvalue weighted by molar-refractivity contribution is 5.94. The smallest absolute Gasteiger partial charge is 0.0146 e. The molecule has 106 valence electrons. The van der Waals surface area contributed by atoms with Crippen LogP contribution in [-0.4, -0.2) is 0 Å². The molecule has 0 heteroatoms. The molecule has 4 rings (SSSR count). The number of fused-ring (bicyclic) bond motifs is 4. The third kappa shape index (κ3) is 2.05. The molecule has 0 nitrogen and oxygen atoms in total. The molecule has 0 spiro atoms. The van der Waals surface area contributed by atoms with Crippen LogP contribution in [0.5, 0.6) is 0 Å². The summed E-state index contributed by atoms with van der Waals surface area (Å²) >= 11 is 0. The maximum absolute atomic E-state index is 2.38. The van der Waals surface area contributed by atoms with Gasteiger partial charge < -0.3 is 0 Å². The molecule has 0 radical (unpaired) electrons. The second-order valence-electron chi connectivity index (χ2n) is 6.38. The number of hydrogen-bond donors (Lipinski definition) is 0. The first kappa shape index (κ1) is 12.9. The van der Waals surface area contributed by atoms with E-state index in [0.29, 0.717) is 0 Å². The summed E-state index contributed by atoms with van der Waals surface area (Å²) in [5.74, 6) is 0.758. The van der Waals surface area contributed by atoms with E-state index in [-0.39, 0.29) is 0 Å². The zero-order valence-electron chi connectivity index (χ0n) is 12.7. The molecule has 0 saturated heterocycles. The molecule has 0 aliphatic heterocycles. The predicted molar refractivity (Wildman–Crippen MR) is 91.3 cm³/mol. The minimum absolute atomic E-state index is 0.758. The van der Waals surface area contributed by atoms with Gasteiger partial charge in [0.15, 0.2) is 0 Å². The van der Waals surface area contributed by atoms with Crippen molar-refractivity contribution in [3.05, 3.63) is 65.3 Å². The molecule has 2 aliphatic rings. The van der Waals surface area contributed by atoms with Crippen molar-refractivity contribution >= 4 is 16.3 Å². The Morgan fingerprint density at radius 3 is 2.90 bits per heavy atom. The van der Waals surface area contributed by atoms with Gasteiger partial charge in [-0.3, -0.25) is 0 Å². The van der Waals surface area contributed by atoms with Crippen molar-refractivity contribution in [3.63, 3.8) is 0 Å². The topological polar surface area (TPSA) is 0 Å². The summed E-state index contributed by atoms with van der Waals surface area (Å²) in [4.78, 5) is 0. The maximum atomic E-state index is 2.38. The fourth-order valence-electron chi connectivity index (χ4n) is 4.17. The van der Waals surface area contributed by atoms with Crippen molar-refractivity contribution in [3.8, 4) is 0 Å². The molecule has 21 heavy (non-hydrogen) atoms. The van der Waals surface area contributed by atoms with Crippen LogP contribution in [0, 0.1) is 5.92 Å². The van der Waals surface area contributed by atoms with E-state index in [2.05, 4.69) is 55.5 Å². The Bertz CT molecular complexity index is 746. The van der Waals surface area contributed by atoms with Gasteiger partial charge in [0.05, 0.1) is 0 Å². The number of rotatable bonds is 2. The molecular formula is C21H22. The summed E-state index contributed by atoms with van der Waals surface area (Å²) in [6.45, 7) is 2.32. The molecule has 2 aliphatic carbocycles. The monoisotopic (exact) mass is 274 g/mol. The van der Waals surface area contributed by atoms with Gasteiger partial charge in [-0.2, -0.15) is 0 Å². The molecule has 0 saturated carbocycles. The normalized spacial score (nSPS) is 20.5. The van der Waals surface area contributed by atoms with Crippen molar-refractivity contribution < 1.29 is 0 Å². The third-order valence-corrected chi connectivity index (χ3v) is 5.12. The van der Waals surface area contributed by atoms with Gasteiger partial charge in [-0.1, -0.05) is 67.5 Å². The van der Waals surface area contributed by atoms with Crippen LogP contribution in [0.2, 0.25) is 0 Å². The van der Waals surface area contributed by atoms with Gasteiger partial charge in [0, 0.05) is 0 Å². The van der Waals surface area contributed by atoms with Gasteiger partial charge in [-0.15, -0.1) is 0 Å². The Morgan fingerprint density at radius 2 is 2.00 bits per heavy atom. The van der Waals surface area contributed by atoms with Crippen LogP contribution in [0.1, 0.15) is 43.7 Å². The standard InChI is InChI=1S/C21H22/c1-2-7-16-14-21-17-9-4-3-8-15(17)12-13-20(21)19-11-6-5-10-18(16)19/h3-4,6,8-9,11-13,16H,2,5,7,10,14H2,1H3. The summed E-state index contributed by atoms with van der Waals surface area (Å²) in [6, 6.07) is 13.5. The van der Waals surface area contributed by atoms with E-state index in [0.717, 1.165) is 5.92 Å². The summed E-state index contributed by atoms with van der Waals surface area (Å²) < 4.78 is 0. The zero-order chi connectivity index (χ0) is 14.2. The number of benzene rings is 2. The highest BCUT2D eigenvalue weighted by Crippen LogP contribution is 2.43. The highest BCUT2D eigenvalue weighted by atomic mass is 14.3. The van der Waals surface area contributed by atoms with E-state index >= 15 is 0 Å². The van der Waals surface area contributed by atoms with E-state index in [1.165, 1.54) is 54.0 Å². The molecule has 0 fully saturated rings. The van der Waals surface area contributed by atoms with Crippen molar-refractivity contribution in [2.45, 2.75) is 39.0 Å². The summed E-state index contributed by atoms with van der Waals surface area (Å²) in [6.07, 6.45) is 11.1. The van der Waals surface area contributed by atoms with Crippen molar-refractivity contribution in [2.75, 3.05) is 0 Å². The molecule has 2 aromatic carbocycles. The lowest BCUT2D eigenvalue weighted by Crippen LogP contribution is -2.17. The van der Waals surface area contributed by atoms with Crippen molar-refractivity contribution in [1.82, 2.24) is 0 Å². The van der Waals surface area contributed by atoms with Gasteiger partial charge >= 0.3 is 0 Å². The van der Waals surface area contributed by atoms with Gasteiger partial charge in [-0.25, -0.2) is 0 Å². The lowest BCUT2D eigenvalue weighted by Gasteiger charge is -2.32. The molecule has 1 unspecified atom stereocenters. The third-order valence-electron chi connectivity index (χ3n) is 5.12. The first-order valence-electron chi connectivity index (χ1n) is 8.29. The van der Waals surface area contributed by atoms with Gasteiger partial charge in [0.25, 0.3) is 0 Å². The SMILES string of the molecule is CCCC1Cc2c(ccc3ccccc23)C2=C1CCC=C2. The summed E-state index contributed by atoms with van der Waals surface area (Å²) in [5, 5.41) is 2.84. The second kappa shape index (κ2) is 5.18. The molecule has 0 amide bonds. The van der Waals surface area contributed by atoms with Crippen LogP contribution in [0.25, 0.3) is 16.3 Å². The van der Waals surface area contributed by atoms with Crippen molar-refractivity contribution in [2.24, 2.45) is 5.92 Å². The summed E-state index contributed by atoms with van der Waals surface area (Å²) in [7, 11) is 0. The lowest BCUT2D eigenvalue weighted by atomic mass is 9.72. The zero-order valence-corrected chi connectivity index (χ0v) is 12.7. The van der Waals surface area contributed by atoms with Crippen LogP contribution in [0.3, 0.4) is 0 Å². The molecule has 0 aromatic heterocycles. The minimum Gasteiger partial charge on any atom is -0.0836 e. The van der Waals surface area contributed by atoms with Gasteiger partial charge in [0.1, 0.15) is 0 Å². The van der Waals surface area contributed by atoms with E-state index in [1.807, 2.05) is 0 Å². The fraction of sp³-hybridized carbons (Fsp3) is 0.333. The molecule has 0 N–H and O–H groups in total.